The van der Waals surface area contributed by atoms with Crippen LogP contribution in [0.15, 0.2) is 23.1 Å². The zero-order valence-corrected chi connectivity index (χ0v) is 9.94. The van der Waals surface area contributed by atoms with E-state index < -0.39 is 16.0 Å². The second kappa shape index (κ2) is 4.60. The third-order valence-electron chi connectivity index (χ3n) is 2.11. The van der Waals surface area contributed by atoms with Crippen LogP contribution in [0, 0.1) is 0 Å². The lowest BCUT2D eigenvalue weighted by Gasteiger charge is -2.17. The number of primary sulfonamides is 1. The third kappa shape index (κ3) is 3.33. The van der Waals surface area contributed by atoms with Crippen LogP contribution in [-0.2, 0) is 14.8 Å². The normalized spacial score (nSPS) is 11.2. The van der Waals surface area contributed by atoms with Crippen LogP contribution in [0.3, 0.4) is 0 Å². The van der Waals surface area contributed by atoms with Crippen molar-refractivity contribution in [3.63, 3.8) is 0 Å². The van der Waals surface area contributed by atoms with Crippen molar-refractivity contribution in [1.29, 1.82) is 0 Å². The number of carboxylic acid groups (broad SMARTS) is 1. The first-order chi connectivity index (χ1) is 7.71. The van der Waals surface area contributed by atoms with E-state index in [1.54, 1.807) is 7.05 Å². The molecule has 8 heteroatoms. The van der Waals surface area contributed by atoms with Crippen molar-refractivity contribution in [3.8, 4) is 0 Å². The van der Waals surface area contributed by atoms with Gasteiger partial charge in [0.1, 0.15) is 11.4 Å². The molecule has 1 aromatic rings. The minimum absolute atomic E-state index is 0.0118. The molecule has 0 spiro atoms. The van der Waals surface area contributed by atoms with Gasteiger partial charge in [-0.2, -0.15) is 0 Å². The fourth-order valence-electron chi connectivity index (χ4n) is 1.33. The molecule has 5 N–H and O–H groups in total. The molecular weight excluding hydrogens is 246 g/mol. The van der Waals surface area contributed by atoms with Crippen molar-refractivity contribution >= 4 is 27.4 Å². The molecule has 0 aliphatic rings. The van der Waals surface area contributed by atoms with Crippen LogP contribution in [0.25, 0.3) is 0 Å². The maximum atomic E-state index is 11.1. The Hall–Kier alpha value is -1.80. The van der Waals surface area contributed by atoms with Crippen LogP contribution >= 0.6 is 0 Å². The molecule has 0 aliphatic heterocycles. The van der Waals surface area contributed by atoms with Crippen molar-refractivity contribution in [2.24, 2.45) is 5.14 Å². The number of anilines is 2. The number of nitrogens with zero attached hydrogens (tertiary/aromatic N) is 1. The van der Waals surface area contributed by atoms with Crippen molar-refractivity contribution in [2.75, 3.05) is 24.2 Å². The minimum atomic E-state index is -3.86. The molecule has 0 aromatic heterocycles. The van der Waals surface area contributed by atoms with E-state index >= 15 is 0 Å². The number of benzene rings is 1. The Kier molecular flexibility index (Phi) is 3.59. The van der Waals surface area contributed by atoms with Gasteiger partial charge in [0.2, 0.25) is 10.0 Å². The number of aliphatic carboxylic acids is 1. The molecule has 0 amide bonds. The van der Waals surface area contributed by atoms with E-state index in [0.29, 0.717) is 5.69 Å². The Morgan fingerprint density at radius 1 is 1.47 bits per heavy atom. The lowest BCUT2D eigenvalue weighted by atomic mass is 10.2. The zero-order chi connectivity index (χ0) is 13.2. The van der Waals surface area contributed by atoms with Gasteiger partial charge < -0.3 is 15.7 Å². The third-order valence-corrected chi connectivity index (χ3v) is 3.10. The topological polar surface area (TPSA) is 127 Å². The van der Waals surface area contributed by atoms with Gasteiger partial charge in [-0.05, 0) is 18.2 Å². The van der Waals surface area contributed by atoms with E-state index in [9.17, 15) is 13.2 Å². The predicted molar refractivity (Wildman–Crippen MR) is 63.1 cm³/mol. The molecule has 17 heavy (non-hydrogen) atoms. The molecule has 0 fully saturated rings. The molecule has 0 bridgehead atoms. The molecule has 0 saturated carbocycles. The highest BCUT2D eigenvalue weighted by atomic mass is 32.2. The lowest BCUT2D eigenvalue weighted by molar-refractivity contribution is -0.135. The van der Waals surface area contributed by atoms with Crippen LogP contribution < -0.4 is 15.8 Å². The number of carboxylic acids is 1. The predicted octanol–water partition coefficient (Wildman–Crippen LogP) is -0.563. The smallest absolute Gasteiger partial charge is 0.323 e. The van der Waals surface area contributed by atoms with Gasteiger partial charge in [0.05, 0.1) is 5.69 Å². The van der Waals surface area contributed by atoms with E-state index in [1.165, 1.54) is 23.1 Å². The van der Waals surface area contributed by atoms with Gasteiger partial charge in [0.15, 0.2) is 0 Å². The molecule has 0 radical (unpaired) electrons. The van der Waals surface area contributed by atoms with E-state index in [-0.39, 0.29) is 17.1 Å². The Morgan fingerprint density at radius 3 is 2.47 bits per heavy atom. The van der Waals surface area contributed by atoms with Crippen LogP contribution in [0.4, 0.5) is 11.4 Å². The summed E-state index contributed by atoms with van der Waals surface area (Å²) in [6.45, 7) is -0.214. The highest BCUT2D eigenvalue weighted by molar-refractivity contribution is 7.89. The van der Waals surface area contributed by atoms with E-state index in [1.807, 2.05) is 0 Å². The number of nitrogen functional groups attached to an aromatic ring is 1. The Bertz CT molecular complexity index is 541. The van der Waals surface area contributed by atoms with Crippen molar-refractivity contribution in [3.05, 3.63) is 18.2 Å². The largest absolute Gasteiger partial charge is 0.480 e. The molecule has 0 unspecified atom stereocenters. The van der Waals surface area contributed by atoms with Crippen LogP contribution in [0.2, 0.25) is 0 Å². The van der Waals surface area contributed by atoms with Crippen molar-refractivity contribution < 1.29 is 18.3 Å². The Morgan fingerprint density at radius 2 is 2.06 bits per heavy atom. The summed E-state index contributed by atoms with van der Waals surface area (Å²) in [5.74, 6) is -0.999. The fraction of sp³-hybridized carbons (Fsp3) is 0.222. The van der Waals surface area contributed by atoms with Crippen molar-refractivity contribution in [1.82, 2.24) is 0 Å². The van der Waals surface area contributed by atoms with Gasteiger partial charge in [-0.25, -0.2) is 13.6 Å². The summed E-state index contributed by atoms with van der Waals surface area (Å²) in [5.41, 5.74) is 6.03. The SMILES string of the molecule is CN(CC(=O)O)c1ccc(S(N)(=O)=O)c(N)c1. The molecule has 0 aliphatic carbocycles. The second-order valence-corrected chi connectivity index (χ2v) is 5.05. The summed E-state index contributed by atoms with van der Waals surface area (Å²) in [6, 6.07) is 4.06. The van der Waals surface area contributed by atoms with E-state index in [2.05, 4.69) is 0 Å². The maximum absolute atomic E-state index is 11.1. The first-order valence-corrected chi connectivity index (χ1v) is 6.11. The molecule has 0 atom stereocenters. The van der Waals surface area contributed by atoms with Crippen LogP contribution in [-0.4, -0.2) is 33.1 Å². The van der Waals surface area contributed by atoms with Crippen LogP contribution in [0.5, 0.6) is 0 Å². The molecule has 1 rings (SSSR count). The summed E-state index contributed by atoms with van der Waals surface area (Å²) >= 11 is 0. The summed E-state index contributed by atoms with van der Waals surface area (Å²) in [4.78, 5) is 11.8. The standard InChI is InChI=1S/C9H13N3O4S/c1-12(5-9(13)14)6-2-3-8(7(10)4-6)17(11,15)16/h2-4H,5,10H2,1H3,(H,13,14)(H2,11,15,16). The highest BCUT2D eigenvalue weighted by Gasteiger charge is 2.14. The lowest BCUT2D eigenvalue weighted by Crippen LogP contribution is -2.25. The van der Waals surface area contributed by atoms with Crippen LogP contribution in [0.1, 0.15) is 0 Å². The number of hydrogen-bond donors (Lipinski definition) is 3. The molecule has 94 valence electrons. The number of hydrogen-bond acceptors (Lipinski definition) is 5. The number of carbonyl (C=O) groups is 1. The second-order valence-electron chi connectivity index (χ2n) is 3.52. The van der Waals surface area contributed by atoms with E-state index in [0.717, 1.165) is 0 Å². The number of likely N-dealkylation sites (N-methyl/N-ethyl adjacent to an activating group) is 1. The summed E-state index contributed by atoms with van der Waals surface area (Å²) in [7, 11) is -2.30. The Balaban J connectivity index is 3.09. The van der Waals surface area contributed by atoms with Gasteiger partial charge in [0.25, 0.3) is 0 Å². The summed E-state index contributed by atoms with van der Waals surface area (Å²) < 4.78 is 22.2. The van der Waals surface area contributed by atoms with Gasteiger partial charge in [0, 0.05) is 12.7 Å². The van der Waals surface area contributed by atoms with E-state index in [4.69, 9.17) is 16.0 Å². The Labute approximate surface area is 98.7 Å². The minimum Gasteiger partial charge on any atom is -0.480 e. The first-order valence-electron chi connectivity index (χ1n) is 4.57. The average molecular weight is 259 g/mol. The zero-order valence-electron chi connectivity index (χ0n) is 9.12. The fourth-order valence-corrected chi connectivity index (χ4v) is 1.97. The first kappa shape index (κ1) is 13.3. The van der Waals surface area contributed by atoms with Gasteiger partial charge in [-0.15, -0.1) is 0 Å². The van der Waals surface area contributed by atoms with Gasteiger partial charge in [-0.3, -0.25) is 4.79 Å². The van der Waals surface area contributed by atoms with Gasteiger partial charge >= 0.3 is 5.97 Å². The maximum Gasteiger partial charge on any atom is 0.323 e. The number of sulfonamides is 1. The molecule has 0 saturated heterocycles. The summed E-state index contributed by atoms with van der Waals surface area (Å²) in [6.07, 6.45) is 0. The monoisotopic (exact) mass is 259 g/mol. The molecule has 0 heterocycles. The molecule has 7 nitrogen and oxygen atoms in total. The number of nitrogens with two attached hydrogens (primary N) is 2. The summed E-state index contributed by atoms with van der Waals surface area (Å²) in [5, 5.41) is 13.6. The average Bonchev–Trinajstić information content (AvgIpc) is 2.14. The highest BCUT2D eigenvalue weighted by Crippen LogP contribution is 2.23. The quantitative estimate of drug-likeness (QED) is 0.622. The molecule has 1 aromatic carbocycles. The number of rotatable bonds is 4. The van der Waals surface area contributed by atoms with Crippen molar-refractivity contribution in [2.45, 2.75) is 4.90 Å². The molecular formula is C9H13N3O4S. The van der Waals surface area contributed by atoms with Gasteiger partial charge in [-0.1, -0.05) is 0 Å².